The second-order valence-electron chi connectivity index (χ2n) is 7.63. The molecule has 0 aliphatic carbocycles. The highest BCUT2D eigenvalue weighted by Gasteiger charge is 2.09. The summed E-state index contributed by atoms with van der Waals surface area (Å²) >= 11 is 0. The molecule has 0 aliphatic heterocycles. The van der Waals surface area contributed by atoms with E-state index in [2.05, 4.69) is 36.4 Å². The van der Waals surface area contributed by atoms with E-state index in [0.29, 0.717) is 19.0 Å². The average molecular weight is 421 g/mol. The standard InChI is InChI=1S/C21H32N4O3S/c1-16(2)6-7-17(3)25-21(23-13-12-19-5-4-14-28-19)24-15-18-8-10-20(11-9-18)29(22,26)27/h4-5,8-11,14,16-17H,6-7,12-13,15H2,1-3H3,(H2,22,26,27)(H2,23,24,25). The van der Waals surface area contributed by atoms with Crippen LogP contribution >= 0.6 is 0 Å². The fourth-order valence-corrected chi connectivity index (χ4v) is 3.27. The molecular weight excluding hydrogens is 388 g/mol. The van der Waals surface area contributed by atoms with Crippen LogP contribution in [0.25, 0.3) is 0 Å². The molecule has 7 nitrogen and oxygen atoms in total. The summed E-state index contributed by atoms with van der Waals surface area (Å²) < 4.78 is 28.1. The van der Waals surface area contributed by atoms with E-state index in [9.17, 15) is 8.42 Å². The van der Waals surface area contributed by atoms with Crippen LogP contribution in [0.4, 0.5) is 0 Å². The maximum atomic E-state index is 11.4. The minimum atomic E-state index is -3.68. The number of hydrogen-bond donors (Lipinski definition) is 3. The van der Waals surface area contributed by atoms with E-state index in [-0.39, 0.29) is 10.9 Å². The predicted octanol–water partition coefficient (Wildman–Crippen LogP) is 3.03. The van der Waals surface area contributed by atoms with Gasteiger partial charge in [0.25, 0.3) is 0 Å². The first-order valence-electron chi connectivity index (χ1n) is 9.93. The molecule has 1 heterocycles. The van der Waals surface area contributed by atoms with Crippen molar-refractivity contribution in [1.82, 2.24) is 10.6 Å². The zero-order valence-corrected chi connectivity index (χ0v) is 18.2. The lowest BCUT2D eigenvalue weighted by molar-refractivity contribution is 0.486. The van der Waals surface area contributed by atoms with E-state index < -0.39 is 10.0 Å². The van der Waals surface area contributed by atoms with E-state index >= 15 is 0 Å². The lowest BCUT2D eigenvalue weighted by Crippen LogP contribution is -2.43. The molecule has 0 saturated heterocycles. The number of rotatable bonds is 10. The molecule has 8 heteroatoms. The Morgan fingerprint density at radius 2 is 1.86 bits per heavy atom. The van der Waals surface area contributed by atoms with Crippen molar-refractivity contribution in [3.05, 3.63) is 54.0 Å². The van der Waals surface area contributed by atoms with Crippen LogP contribution in [0, 0.1) is 5.92 Å². The monoisotopic (exact) mass is 420 g/mol. The highest BCUT2D eigenvalue weighted by molar-refractivity contribution is 7.89. The van der Waals surface area contributed by atoms with Crippen LogP contribution in [-0.4, -0.2) is 27.0 Å². The topological polar surface area (TPSA) is 110 Å². The summed E-state index contributed by atoms with van der Waals surface area (Å²) in [4.78, 5) is 4.75. The van der Waals surface area contributed by atoms with E-state index in [4.69, 9.17) is 9.56 Å². The second kappa shape index (κ2) is 11.0. The van der Waals surface area contributed by atoms with Gasteiger partial charge in [-0.15, -0.1) is 0 Å². The minimum Gasteiger partial charge on any atom is -0.469 e. The number of nitrogens with two attached hydrogens (primary N) is 1. The molecule has 0 amide bonds. The average Bonchev–Trinajstić information content (AvgIpc) is 3.17. The zero-order chi connectivity index (χ0) is 21.3. The Bertz CT molecular complexity index is 860. The summed E-state index contributed by atoms with van der Waals surface area (Å²) in [5, 5.41) is 11.9. The Kier molecular flexibility index (Phi) is 8.72. The summed E-state index contributed by atoms with van der Waals surface area (Å²) in [6.45, 7) is 7.70. The van der Waals surface area contributed by atoms with E-state index in [1.54, 1.807) is 18.4 Å². The largest absolute Gasteiger partial charge is 0.469 e. The molecule has 29 heavy (non-hydrogen) atoms. The van der Waals surface area contributed by atoms with Crippen molar-refractivity contribution < 1.29 is 12.8 Å². The molecule has 1 aromatic heterocycles. The van der Waals surface area contributed by atoms with Gasteiger partial charge < -0.3 is 15.1 Å². The quantitative estimate of drug-likeness (QED) is 0.404. The first kappa shape index (κ1) is 23.0. The molecule has 2 aromatic rings. The van der Waals surface area contributed by atoms with E-state index in [1.165, 1.54) is 12.1 Å². The summed E-state index contributed by atoms with van der Waals surface area (Å²) in [6, 6.07) is 10.6. The number of primary sulfonamides is 1. The van der Waals surface area contributed by atoms with Gasteiger partial charge in [-0.3, -0.25) is 0 Å². The number of nitrogens with zero attached hydrogens (tertiary/aromatic N) is 1. The van der Waals surface area contributed by atoms with Crippen LogP contribution in [0.3, 0.4) is 0 Å². The van der Waals surface area contributed by atoms with Gasteiger partial charge in [-0.1, -0.05) is 26.0 Å². The van der Waals surface area contributed by atoms with Crippen LogP contribution in [-0.2, 0) is 23.0 Å². The third kappa shape index (κ3) is 8.70. The summed E-state index contributed by atoms with van der Waals surface area (Å²) in [6.07, 6.45) is 4.63. The van der Waals surface area contributed by atoms with Gasteiger partial charge >= 0.3 is 0 Å². The molecule has 160 valence electrons. The molecule has 1 unspecified atom stereocenters. The van der Waals surface area contributed by atoms with Gasteiger partial charge in [-0.25, -0.2) is 18.5 Å². The Hall–Kier alpha value is -2.32. The number of guanidine groups is 1. The molecule has 0 spiro atoms. The van der Waals surface area contributed by atoms with Gasteiger partial charge in [0.1, 0.15) is 5.76 Å². The molecule has 0 aliphatic rings. The van der Waals surface area contributed by atoms with Crippen molar-refractivity contribution in [3.63, 3.8) is 0 Å². The van der Waals surface area contributed by atoms with Crippen LogP contribution in [0.5, 0.6) is 0 Å². The number of benzene rings is 1. The molecule has 1 aromatic carbocycles. The normalized spacial score (nSPS) is 13.5. The lowest BCUT2D eigenvalue weighted by Gasteiger charge is -2.19. The smallest absolute Gasteiger partial charge is 0.238 e. The summed E-state index contributed by atoms with van der Waals surface area (Å²) in [7, 11) is -3.68. The third-order valence-electron chi connectivity index (χ3n) is 4.48. The van der Waals surface area contributed by atoms with Crippen molar-refractivity contribution in [1.29, 1.82) is 0 Å². The summed E-state index contributed by atoms with van der Waals surface area (Å²) in [5.41, 5.74) is 0.902. The Balaban J connectivity index is 1.99. The van der Waals surface area contributed by atoms with Crippen LogP contribution in [0.2, 0.25) is 0 Å². The van der Waals surface area contributed by atoms with Crippen LogP contribution in [0.1, 0.15) is 44.9 Å². The molecule has 4 N–H and O–H groups in total. The van der Waals surface area contributed by atoms with Gasteiger partial charge in [-0.2, -0.15) is 0 Å². The molecule has 0 bridgehead atoms. The Morgan fingerprint density at radius 3 is 2.45 bits per heavy atom. The van der Waals surface area contributed by atoms with Crippen molar-refractivity contribution in [2.75, 3.05) is 6.54 Å². The van der Waals surface area contributed by atoms with Gasteiger partial charge in [0.15, 0.2) is 5.96 Å². The molecule has 0 fully saturated rings. The SMILES string of the molecule is CC(C)CCC(C)NC(=NCc1ccc(S(N)(=O)=O)cc1)NCCc1ccco1. The van der Waals surface area contributed by atoms with Crippen molar-refractivity contribution in [3.8, 4) is 0 Å². The molecule has 0 radical (unpaired) electrons. The minimum absolute atomic E-state index is 0.0995. The van der Waals surface area contributed by atoms with E-state index in [1.807, 2.05) is 12.1 Å². The maximum Gasteiger partial charge on any atom is 0.238 e. The van der Waals surface area contributed by atoms with Gasteiger partial charge in [0.05, 0.1) is 17.7 Å². The zero-order valence-electron chi connectivity index (χ0n) is 17.4. The highest BCUT2D eigenvalue weighted by Crippen LogP contribution is 2.10. The fraction of sp³-hybridized carbons (Fsp3) is 0.476. The van der Waals surface area contributed by atoms with Crippen LogP contribution in [0.15, 0.2) is 57.0 Å². The van der Waals surface area contributed by atoms with Crippen molar-refractivity contribution in [2.45, 2.75) is 57.5 Å². The number of hydrogen-bond acceptors (Lipinski definition) is 4. The first-order chi connectivity index (χ1) is 13.7. The Labute approximate surface area is 173 Å². The molecule has 2 rings (SSSR count). The van der Waals surface area contributed by atoms with Gasteiger partial charge in [0, 0.05) is 19.0 Å². The number of sulfonamides is 1. The van der Waals surface area contributed by atoms with Crippen LogP contribution < -0.4 is 15.8 Å². The number of aliphatic imine (C=N–C) groups is 1. The highest BCUT2D eigenvalue weighted by atomic mass is 32.2. The Morgan fingerprint density at radius 1 is 1.14 bits per heavy atom. The molecular formula is C21H32N4O3S. The lowest BCUT2D eigenvalue weighted by atomic mass is 10.0. The molecule has 0 saturated carbocycles. The van der Waals surface area contributed by atoms with Gasteiger partial charge in [0.2, 0.25) is 10.0 Å². The van der Waals surface area contributed by atoms with Crippen molar-refractivity contribution in [2.24, 2.45) is 16.0 Å². The predicted molar refractivity (Wildman–Crippen MR) is 116 cm³/mol. The van der Waals surface area contributed by atoms with E-state index in [0.717, 1.165) is 36.5 Å². The maximum absolute atomic E-state index is 11.4. The third-order valence-corrected chi connectivity index (χ3v) is 5.40. The van der Waals surface area contributed by atoms with Crippen molar-refractivity contribution >= 4 is 16.0 Å². The number of furan rings is 1. The molecule has 1 atom stereocenters. The summed E-state index contributed by atoms with van der Waals surface area (Å²) in [5.74, 6) is 2.30. The number of nitrogens with one attached hydrogen (secondary N) is 2. The first-order valence-corrected chi connectivity index (χ1v) is 11.5. The second-order valence-corrected chi connectivity index (χ2v) is 9.19. The fourth-order valence-electron chi connectivity index (χ4n) is 2.76. The van der Waals surface area contributed by atoms with Gasteiger partial charge in [-0.05, 0) is 55.5 Å².